The minimum atomic E-state index is -4.71. The second-order valence-corrected chi connectivity index (χ2v) is 7.05. The average Bonchev–Trinajstić information content (AvgIpc) is 3.11. The summed E-state index contributed by atoms with van der Waals surface area (Å²) in [5.41, 5.74) is -1.81. The Morgan fingerprint density at radius 3 is 2.48 bits per heavy atom. The second-order valence-electron chi connectivity index (χ2n) is 6.61. The van der Waals surface area contributed by atoms with E-state index in [1.165, 1.54) is 6.07 Å². The van der Waals surface area contributed by atoms with Crippen molar-refractivity contribution in [2.24, 2.45) is 0 Å². The van der Waals surface area contributed by atoms with Gasteiger partial charge in [0.15, 0.2) is 17.0 Å². The molecule has 0 saturated carbocycles. The lowest BCUT2D eigenvalue weighted by atomic mass is 10.0. The summed E-state index contributed by atoms with van der Waals surface area (Å²) in [5, 5.41) is 6.87. The Bertz CT molecular complexity index is 1120. The van der Waals surface area contributed by atoms with Gasteiger partial charge in [0.25, 0.3) is 5.91 Å². The first-order valence-corrected chi connectivity index (χ1v) is 8.98. The fourth-order valence-corrected chi connectivity index (χ4v) is 2.72. The Hall–Kier alpha value is -3.05. The molecule has 1 atom stereocenters. The minimum absolute atomic E-state index is 0.0790. The topological polar surface area (TPSA) is 59.3 Å². The molecule has 0 aliphatic carbocycles. The molecule has 3 rings (SSSR count). The molecular formula is C20H16ClF3N4O. The number of alkyl halides is 3. The fourth-order valence-electron chi connectivity index (χ4n) is 2.60. The molecule has 0 saturated heterocycles. The van der Waals surface area contributed by atoms with Gasteiger partial charge >= 0.3 is 6.18 Å². The van der Waals surface area contributed by atoms with Crippen LogP contribution in [0.25, 0.3) is 16.9 Å². The molecular weight excluding hydrogens is 405 g/mol. The van der Waals surface area contributed by atoms with Gasteiger partial charge in [0.1, 0.15) is 0 Å². The molecule has 0 bridgehead atoms. The molecule has 1 unspecified atom stereocenters. The number of carbonyl (C=O) groups excluding carboxylic acids is 1. The van der Waals surface area contributed by atoms with Crippen LogP contribution in [0.15, 0.2) is 36.4 Å². The molecule has 0 spiro atoms. The number of rotatable bonds is 4. The first-order valence-electron chi connectivity index (χ1n) is 8.60. The minimum Gasteiger partial charge on any atom is -0.335 e. The molecule has 9 heteroatoms. The SMILES string of the molecule is C#CC(C)(CC)NC(=O)c1cc2nc(-c3ccc(Cl)cc3)cc(C(F)(F)F)n2n1. The highest BCUT2D eigenvalue weighted by molar-refractivity contribution is 6.30. The standard InChI is InChI=1S/C20H16ClF3N4O/c1-4-19(3,5-2)26-18(29)15-11-17-25-14(12-6-8-13(21)9-7-12)10-16(20(22,23)24)28(17)27-15/h1,6-11H,5H2,2-3H3,(H,26,29). The van der Waals surface area contributed by atoms with E-state index in [4.69, 9.17) is 18.0 Å². The Labute approximate surface area is 169 Å². The Morgan fingerprint density at radius 2 is 1.93 bits per heavy atom. The molecule has 2 heterocycles. The van der Waals surface area contributed by atoms with Crippen LogP contribution < -0.4 is 5.32 Å². The monoisotopic (exact) mass is 420 g/mol. The molecule has 29 heavy (non-hydrogen) atoms. The fraction of sp³-hybridized carbons (Fsp3) is 0.250. The predicted octanol–water partition coefficient (Wildman–Crippen LogP) is 4.60. The van der Waals surface area contributed by atoms with Gasteiger partial charge in [0.05, 0.1) is 11.2 Å². The third kappa shape index (κ3) is 4.20. The summed E-state index contributed by atoms with van der Waals surface area (Å²) in [6.07, 6.45) is 1.16. The third-order valence-electron chi connectivity index (χ3n) is 4.51. The summed E-state index contributed by atoms with van der Waals surface area (Å²) >= 11 is 5.84. The number of hydrogen-bond acceptors (Lipinski definition) is 3. The molecule has 0 radical (unpaired) electrons. The van der Waals surface area contributed by atoms with Gasteiger partial charge in [0, 0.05) is 16.7 Å². The molecule has 1 amide bonds. The summed E-state index contributed by atoms with van der Waals surface area (Å²) < 4.78 is 41.5. The van der Waals surface area contributed by atoms with Crippen LogP contribution in [0, 0.1) is 12.3 Å². The normalized spacial score (nSPS) is 13.7. The number of terminal acetylenes is 1. The van der Waals surface area contributed by atoms with Crippen molar-refractivity contribution in [1.82, 2.24) is 19.9 Å². The van der Waals surface area contributed by atoms with Crippen molar-refractivity contribution in [3.8, 4) is 23.6 Å². The van der Waals surface area contributed by atoms with Gasteiger partial charge in [-0.05, 0) is 31.5 Å². The summed E-state index contributed by atoms with van der Waals surface area (Å²) in [7, 11) is 0. The number of carbonyl (C=O) groups is 1. The second kappa shape index (κ2) is 7.41. The third-order valence-corrected chi connectivity index (χ3v) is 4.76. The molecule has 1 N–H and O–H groups in total. The number of fused-ring (bicyclic) bond motifs is 1. The highest BCUT2D eigenvalue weighted by Crippen LogP contribution is 2.32. The zero-order chi connectivity index (χ0) is 21.4. The van der Waals surface area contributed by atoms with E-state index in [-0.39, 0.29) is 17.0 Å². The van der Waals surface area contributed by atoms with Crippen molar-refractivity contribution >= 4 is 23.2 Å². The van der Waals surface area contributed by atoms with Crippen LogP contribution in [0.1, 0.15) is 36.5 Å². The lowest BCUT2D eigenvalue weighted by Gasteiger charge is -2.22. The van der Waals surface area contributed by atoms with E-state index in [1.54, 1.807) is 38.1 Å². The largest absolute Gasteiger partial charge is 0.433 e. The Balaban J connectivity index is 2.12. The number of halogens is 4. The first kappa shape index (κ1) is 20.7. The highest BCUT2D eigenvalue weighted by Gasteiger charge is 2.36. The Kier molecular flexibility index (Phi) is 5.28. The number of nitrogens with one attached hydrogen (secondary N) is 1. The van der Waals surface area contributed by atoms with Gasteiger partial charge < -0.3 is 5.32 Å². The van der Waals surface area contributed by atoms with E-state index in [9.17, 15) is 18.0 Å². The van der Waals surface area contributed by atoms with Gasteiger partial charge in [-0.15, -0.1) is 6.42 Å². The number of nitrogens with zero attached hydrogens (tertiary/aromatic N) is 3. The number of hydrogen-bond donors (Lipinski definition) is 1. The number of aromatic nitrogens is 3. The van der Waals surface area contributed by atoms with Crippen LogP contribution >= 0.6 is 11.6 Å². The maximum atomic E-state index is 13.6. The molecule has 3 aromatic rings. The molecule has 0 fully saturated rings. The van der Waals surface area contributed by atoms with E-state index >= 15 is 0 Å². The Morgan fingerprint density at radius 1 is 1.28 bits per heavy atom. The maximum absolute atomic E-state index is 13.6. The lowest BCUT2D eigenvalue weighted by molar-refractivity contribution is -0.142. The van der Waals surface area contributed by atoms with E-state index in [0.29, 0.717) is 21.5 Å². The van der Waals surface area contributed by atoms with Crippen molar-refractivity contribution in [2.75, 3.05) is 0 Å². The van der Waals surface area contributed by atoms with Crippen molar-refractivity contribution < 1.29 is 18.0 Å². The molecule has 150 valence electrons. The maximum Gasteiger partial charge on any atom is 0.433 e. The van der Waals surface area contributed by atoms with Crippen LogP contribution in [0.4, 0.5) is 13.2 Å². The molecule has 0 aliphatic heterocycles. The van der Waals surface area contributed by atoms with Gasteiger partial charge in [0.2, 0.25) is 0 Å². The van der Waals surface area contributed by atoms with Crippen molar-refractivity contribution in [2.45, 2.75) is 32.0 Å². The van der Waals surface area contributed by atoms with Crippen LogP contribution in [-0.2, 0) is 6.18 Å². The van der Waals surface area contributed by atoms with Crippen LogP contribution in [0.3, 0.4) is 0 Å². The molecule has 0 aliphatic rings. The van der Waals surface area contributed by atoms with E-state index in [2.05, 4.69) is 21.3 Å². The van der Waals surface area contributed by atoms with Gasteiger partial charge in [-0.3, -0.25) is 4.79 Å². The van der Waals surface area contributed by atoms with E-state index in [0.717, 1.165) is 6.07 Å². The van der Waals surface area contributed by atoms with Crippen LogP contribution in [0.2, 0.25) is 5.02 Å². The first-order chi connectivity index (χ1) is 13.6. The van der Waals surface area contributed by atoms with Crippen LogP contribution in [0.5, 0.6) is 0 Å². The quantitative estimate of drug-likeness (QED) is 0.627. The zero-order valence-corrected chi connectivity index (χ0v) is 16.3. The summed E-state index contributed by atoms with van der Waals surface area (Å²) in [5.74, 6) is 1.78. The lowest BCUT2D eigenvalue weighted by Crippen LogP contribution is -2.44. The van der Waals surface area contributed by atoms with Crippen molar-refractivity contribution in [3.05, 3.63) is 52.8 Å². The number of amides is 1. The van der Waals surface area contributed by atoms with Crippen molar-refractivity contribution in [1.29, 1.82) is 0 Å². The van der Waals surface area contributed by atoms with Crippen LogP contribution in [-0.4, -0.2) is 26.0 Å². The average molecular weight is 421 g/mol. The predicted molar refractivity (Wildman–Crippen MR) is 103 cm³/mol. The summed E-state index contributed by atoms with van der Waals surface area (Å²) in [4.78, 5) is 16.7. The molecule has 5 nitrogen and oxygen atoms in total. The summed E-state index contributed by atoms with van der Waals surface area (Å²) in [6.45, 7) is 3.42. The molecule has 2 aromatic heterocycles. The van der Waals surface area contributed by atoms with Gasteiger partial charge in [-0.1, -0.05) is 36.6 Å². The van der Waals surface area contributed by atoms with Gasteiger partial charge in [-0.25, -0.2) is 9.50 Å². The van der Waals surface area contributed by atoms with E-state index in [1.807, 2.05) is 0 Å². The van der Waals surface area contributed by atoms with E-state index < -0.39 is 23.3 Å². The molecule has 1 aromatic carbocycles. The van der Waals surface area contributed by atoms with Gasteiger partial charge in [-0.2, -0.15) is 18.3 Å². The number of benzene rings is 1. The van der Waals surface area contributed by atoms with Crippen molar-refractivity contribution in [3.63, 3.8) is 0 Å². The smallest absolute Gasteiger partial charge is 0.335 e. The highest BCUT2D eigenvalue weighted by atomic mass is 35.5. The zero-order valence-electron chi connectivity index (χ0n) is 15.5. The summed E-state index contributed by atoms with van der Waals surface area (Å²) in [6, 6.07) is 8.29.